The largest absolute Gasteiger partial charge is 0.488 e. The lowest BCUT2D eigenvalue weighted by Crippen LogP contribution is -2.42. The van der Waals surface area contributed by atoms with Crippen LogP contribution in [-0.4, -0.2) is 41.4 Å². The summed E-state index contributed by atoms with van der Waals surface area (Å²) in [6.45, 7) is 9.93. The van der Waals surface area contributed by atoms with E-state index in [4.69, 9.17) is 9.47 Å². The number of para-hydroxylation sites is 1. The van der Waals surface area contributed by atoms with Crippen molar-refractivity contribution >= 4 is 17.8 Å². The molecule has 3 rings (SSSR count). The lowest BCUT2D eigenvalue weighted by molar-refractivity contribution is 0.0500. The highest BCUT2D eigenvalue weighted by Gasteiger charge is 2.24. The lowest BCUT2D eigenvalue weighted by Gasteiger charge is -2.27. The van der Waals surface area contributed by atoms with Gasteiger partial charge in [0.1, 0.15) is 17.5 Å². The summed E-state index contributed by atoms with van der Waals surface area (Å²) < 4.78 is 11.4. The number of alkyl carbamates (subject to hydrolysis) is 1. The number of pyridine rings is 1. The molecule has 0 radical (unpaired) electrons. The van der Waals surface area contributed by atoms with Crippen molar-refractivity contribution in [3.8, 4) is 5.75 Å². The summed E-state index contributed by atoms with van der Waals surface area (Å²) in [5.41, 5.74) is 3.14. The average molecular weight is 469 g/mol. The van der Waals surface area contributed by atoms with Gasteiger partial charge in [0.15, 0.2) is 0 Å². The molecule has 184 valence electrons. The zero-order valence-electron chi connectivity index (χ0n) is 20.7. The van der Waals surface area contributed by atoms with E-state index in [0.29, 0.717) is 18.7 Å². The third-order valence-electron chi connectivity index (χ3n) is 5.57. The van der Waals surface area contributed by atoms with Crippen molar-refractivity contribution in [2.24, 2.45) is 0 Å². The Kier molecular flexibility index (Phi) is 8.36. The van der Waals surface area contributed by atoms with Crippen LogP contribution in [0.25, 0.3) is 0 Å². The molecule has 1 aromatic heterocycles. The Morgan fingerprint density at radius 2 is 2.00 bits per heavy atom. The summed E-state index contributed by atoms with van der Waals surface area (Å²) in [4.78, 5) is 29.1. The van der Waals surface area contributed by atoms with Crippen molar-refractivity contribution in [3.05, 3.63) is 53.3 Å². The maximum absolute atomic E-state index is 12.5. The minimum absolute atomic E-state index is 0.0304. The van der Waals surface area contributed by atoms with Gasteiger partial charge in [-0.1, -0.05) is 25.1 Å². The molecular weight excluding hydrogens is 432 g/mol. The average Bonchev–Trinajstić information content (AvgIpc) is 2.76. The van der Waals surface area contributed by atoms with Gasteiger partial charge in [0.25, 0.3) is 0 Å². The number of carbonyl (C=O) groups excluding carboxylic acids is 2. The molecule has 0 spiro atoms. The Balaban J connectivity index is 1.52. The van der Waals surface area contributed by atoms with Crippen LogP contribution in [-0.2, 0) is 17.6 Å². The van der Waals surface area contributed by atoms with E-state index in [9.17, 15) is 9.59 Å². The maximum atomic E-state index is 12.5. The van der Waals surface area contributed by atoms with Crippen molar-refractivity contribution in [1.29, 1.82) is 0 Å². The normalized spacial score (nSPS) is 16.1. The molecule has 0 fully saturated rings. The molecule has 3 amide bonds. The molecule has 1 aliphatic rings. The standard InChI is InChI=1S/C26H36N4O4/c1-6-21(33-23-10-8-7-9-17(23)2)16-28-24(31)29-20-14-18-13-19(11-12-22(18)27-15-20)30-25(32)34-26(3,4)5/h7-10,14-15,19,21H,6,11-13,16H2,1-5H3,(H,30,32)(H2,28,29,31). The number of nitrogens with zero attached hydrogens (tertiary/aromatic N) is 1. The number of urea groups is 1. The molecule has 1 aromatic carbocycles. The second kappa shape index (κ2) is 11.2. The summed E-state index contributed by atoms with van der Waals surface area (Å²) in [7, 11) is 0. The third kappa shape index (κ3) is 7.64. The Bertz CT molecular complexity index is 1000. The molecule has 1 heterocycles. The van der Waals surface area contributed by atoms with E-state index in [1.165, 1.54) is 0 Å². The van der Waals surface area contributed by atoms with Gasteiger partial charge < -0.3 is 25.4 Å². The number of aryl methyl sites for hydroxylation is 2. The van der Waals surface area contributed by atoms with Gasteiger partial charge in [0.2, 0.25) is 0 Å². The number of aromatic nitrogens is 1. The maximum Gasteiger partial charge on any atom is 0.407 e. The minimum atomic E-state index is -0.537. The van der Waals surface area contributed by atoms with E-state index in [0.717, 1.165) is 41.8 Å². The Labute approximate surface area is 201 Å². The SMILES string of the molecule is CCC(CNC(=O)Nc1cnc2c(c1)CC(NC(=O)OC(C)(C)C)CC2)Oc1ccccc1C. The number of anilines is 1. The first kappa shape index (κ1) is 25.3. The summed E-state index contributed by atoms with van der Waals surface area (Å²) in [6, 6.07) is 9.42. The summed E-state index contributed by atoms with van der Waals surface area (Å²) in [5.74, 6) is 0.824. The van der Waals surface area contributed by atoms with E-state index in [1.54, 1.807) is 6.20 Å². The Morgan fingerprint density at radius 1 is 1.24 bits per heavy atom. The highest BCUT2D eigenvalue weighted by Crippen LogP contribution is 2.23. The smallest absolute Gasteiger partial charge is 0.407 e. The van der Waals surface area contributed by atoms with Crippen molar-refractivity contribution in [2.75, 3.05) is 11.9 Å². The number of hydrogen-bond acceptors (Lipinski definition) is 5. The molecular formula is C26H36N4O4. The third-order valence-corrected chi connectivity index (χ3v) is 5.57. The molecule has 34 heavy (non-hydrogen) atoms. The van der Waals surface area contributed by atoms with Crippen LogP contribution in [0.2, 0.25) is 0 Å². The lowest BCUT2D eigenvalue weighted by atomic mass is 9.91. The van der Waals surface area contributed by atoms with Crippen LogP contribution in [0.15, 0.2) is 36.5 Å². The molecule has 0 aliphatic heterocycles. The Hall–Kier alpha value is -3.29. The number of fused-ring (bicyclic) bond motifs is 1. The van der Waals surface area contributed by atoms with Crippen molar-refractivity contribution < 1.29 is 19.1 Å². The predicted octanol–water partition coefficient (Wildman–Crippen LogP) is 4.75. The van der Waals surface area contributed by atoms with Crippen molar-refractivity contribution in [2.45, 2.75) is 78.0 Å². The number of hydrogen-bond donors (Lipinski definition) is 3. The Morgan fingerprint density at radius 3 is 2.71 bits per heavy atom. The molecule has 0 saturated heterocycles. The summed E-state index contributed by atoms with van der Waals surface area (Å²) >= 11 is 0. The second-order valence-electron chi connectivity index (χ2n) is 9.66. The molecule has 3 N–H and O–H groups in total. The van der Waals surface area contributed by atoms with Crippen LogP contribution in [0.1, 0.15) is 57.4 Å². The van der Waals surface area contributed by atoms with Crippen LogP contribution < -0.4 is 20.7 Å². The molecule has 1 aliphatic carbocycles. The molecule has 2 unspecified atom stereocenters. The predicted molar refractivity (Wildman–Crippen MR) is 132 cm³/mol. The van der Waals surface area contributed by atoms with Crippen LogP contribution in [0.4, 0.5) is 15.3 Å². The number of ether oxygens (including phenoxy) is 2. The van der Waals surface area contributed by atoms with Gasteiger partial charge in [0, 0.05) is 11.7 Å². The van der Waals surface area contributed by atoms with Crippen molar-refractivity contribution in [1.82, 2.24) is 15.6 Å². The summed E-state index contributed by atoms with van der Waals surface area (Å²) in [5, 5.41) is 8.67. The summed E-state index contributed by atoms with van der Waals surface area (Å²) in [6.07, 6.45) is 4.08. The molecule has 2 aromatic rings. The fraction of sp³-hybridized carbons (Fsp3) is 0.500. The molecule has 8 nitrogen and oxygen atoms in total. The molecule has 0 bridgehead atoms. The van der Waals surface area contributed by atoms with Crippen LogP contribution >= 0.6 is 0 Å². The van der Waals surface area contributed by atoms with Crippen LogP contribution in [0.3, 0.4) is 0 Å². The number of carbonyl (C=O) groups is 2. The first-order valence-corrected chi connectivity index (χ1v) is 11.9. The monoisotopic (exact) mass is 468 g/mol. The van der Waals surface area contributed by atoms with Gasteiger partial charge in [-0.2, -0.15) is 0 Å². The topological polar surface area (TPSA) is 102 Å². The highest BCUT2D eigenvalue weighted by molar-refractivity contribution is 5.89. The molecule has 8 heteroatoms. The number of rotatable bonds is 7. The fourth-order valence-electron chi connectivity index (χ4n) is 3.80. The van der Waals surface area contributed by atoms with Gasteiger partial charge in [-0.3, -0.25) is 4.98 Å². The van der Waals surface area contributed by atoms with Gasteiger partial charge >= 0.3 is 12.1 Å². The number of nitrogens with one attached hydrogen (secondary N) is 3. The number of benzene rings is 1. The van der Waals surface area contributed by atoms with Gasteiger partial charge in [0.05, 0.1) is 18.4 Å². The zero-order chi connectivity index (χ0) is 24.7. The minimum Gasteiger partial charge on any atom is -0.488 e. The molecule has 2 atom stereocenters. The van der Waals surface area contributed by atoms with Crippen LogP contribution in [0.5, 0.6) is 5.75 Å². The zero-order valence-corrected chi connectivity index (χ0v) is 20.7. The van der Waals surface area contributed by atoms with E-state index < -0.39 is 11.7 Å². The fourth-order valence-corrected chi connectivity index (χ4v) is 3.80. The van der Waals surface area contributed by atoms with Crippen molar-refractivity contribution in [3.63, 3.8) is 0 Å². The first-order valence-electron chi connectivity index (χ1n) is 11.9. The van der Waals surface area contributed by atoms with Gasteiger partial charge in [-0.05, 0) is 76.6 Å². The van der Waals surface area contributed by atoms with E-state index in [2.05, 4.69) is 20.9 Å². The molecule has 0 saturated carbocycles. The quantitative estimate of drug-likeness (QED) is 0.544. The van der Waals surface area contributed by atoms with Gasteiger partial charge in [-0.25, -0.2) is 9.59 Å². The second-order valence-corrected chi connectivity index (χ2v) is 9.66. The first-order chi connectivity index (χ1) is 16.1. The van der Waals surface area contributed by atoms with E-state index in [1.807, 2.05) is 65.0 Å². The van der Waals surface area contributed by atoms with Crippen LogP contribution in [0, 0.1) is 6.92 Å². The van der Waals surface area contributed by atoms with E-state index >= 15 is 0 Å². The number of amides is 3. The van der Waals surface area contributed by atoms with E-state index in [-0.39, 0.29) is 18.2 Å². The highest BCUT2D eigenvalue weighted by atomic mass is 16.6. The van der Waals surface area contributed by atoms with Gasteiger partial charge in [-0.15, -0.1) is 0 Å².